The molecule has 1 fully saturated rings. The first kappa shape index (κ1) is 11.8. The maximum atomic E-state index is 10.6. The molecule has 0 bridgehead atoms. The van der Waals surface area contributed by atoms with E-state index in [9.17, 15) is 10.1 Å². The molecule has 92 valence electrons. The van der Waals surface area contributed by atoms with E-state index in [4.69, 9.17) is 5.73 Å². The molecule has 2 N–H and O–H groups in total. The van der Waals surface area contributed by atoms with Gasteiger partial charge in [-0.3, -0.25) is 10.1 Å². The first-order valence-electron chi connectivity index (χ1n) is 5.69. The minimum atomic E-state index is -0.425. The van der Waals surface area contributed by atoms with Crippen LogP contribution in [0, 0.1) is 17.0 Å². The van der Waals surface area contributed by atoms with Gasteiger partial charge in [-0.1, -0.05) is 0 Å². The van der Waals surface area contributed by atoms with Crippen molar-refractivity contribution < 1.29 is 4.92 Å². The van der Waals surface area contributed by atoms with Gasteiger partial charge in [-0.15, -0.1) is 0 Å². The van der Waals surface area contributed by atoms with E-state index in [0.29, 0.717) is 0 Å². The van der Waals surface area contributed by atoms with Gasteiger partial charge in [-0.05, 0) is 25.3 Å². The number of nitrogens with two attached hydrogens (primary N) is 1. The summed E-state index contributed by atoms with van der Waals surface area (Å²) in [5.41, 5.74) is 6.77. The maximum Gasteiger partial charge on any atom is 0.287 e. The fourth-order valence-electron chi connectivity index (χ4n) is 2.19. The second-order valence-electron chi connectivity index (χ2n) is 4.44. The number of nitrogens with zero attached hydrogens (tertiary/aromatic N) is 3. The molecule has 1 aliphatic heterocycles. The molecule has 0 radical (unpaired) electrons. The van der Waals surface area contributed by atoms with Crippen molar-refractivity contribution in [2.24, 2.45) is 5.73 Å². The lowest BCUT2D eigenvalue weighted by Gasteiger charge is -2.32. The van der Waals surface area contributed by atoms with Crippen molar-refractivity contribution in [3.63, 3.8) is 0 Å². The number of nitro groups is 1. The van der Waals surface area contributed by atoms with Crippen LogP contribution in [0.2, 0.25) is 0 Å². The third kappa shape index (κ3) is 2.52. The number of rotatable bonds is 2. The van der Waals surface area contributed by atoms with Gasteiger partial charge in [-0.25, -0.2) is 4.98 Å². The molecule has 1 aromatic heterocycles. The van der Waals surface area contributed by atoms with Crippen molar-refractivity contribution in [2.45, 2.75) is 25.8 Å². The predicted octanol–water partition coefficient (Wildman–Crippen LogP) is 1.23. The van der Waals surface area contributed by atoms with Crippen LogP contribution in [-0.4, -0.2) is 29.0 Å². The monoisotopic (exact) mass is 236 g/mol. The molecule has 2 heterocycles. The summed E-state index contributed by atoms with van der Waals surface area (Å²) < 4.78 is 0. The molecule has 1 atom stereocenters. The first-order chi connectivity index (χ1) is 8.08. The predicted molar refractivity (Wildman–Crippen MR) is 65.1 cm³/mol. The zero-order valence-corrected chi connectivity index (χ0v) is 9.80. The normalized spacial score (nSPS) is 20.4. The van der Waals surface area contributed by atoms with E-state index >= 15 is 0 Å². The van der Waals surface area contributed by atoms with Crippen LogP contribution in [0.3, 0.4) is 0 Å². The standard InChI is InChI=1S/C11H16N4O2/c1-8-5-10(15(16)17)6-13-11(8)14-4-2-3-9(12)7-14/h5-6,9H,2-4,7,12H2,1H3/t9-/m1/s1. The fourth-order valence-corrected chi connectivity index (χ4v) is 2.19. The summed E-state index contributed by atoms with van der Waals surface area (Å²) in [6.45, 7) is 3.53. The zero-order valence-electron chi connectivity index (χ0n) is 9.80. The maximum absolute atomic E-state index is 10.6. The molecule has 0 spiro atoms. The van der Waals surface area contributed by atoms with Gasteiger partial charge in [0.15, 0.2) is 0 Å². The number of aryl methyl sites for hydroxylation is 1. The molecule has 6 nitrogen and oxygen atoms in total. The highest BCUT2D eigenvalue weighted by atomic mass is 16.6. The molecule has 0 saturated carbocycles. The highest BCUT2D eigenvalue weighted by molar-refractivity contribution is 5.50. The van der Waals surface area contributed by atoms with Crippen LogP contribution in [0.15, 0.2) is 12.3 Å². The molecule has 2 rings (SSSR count). The molecule has 0 aliphatic carbocycles. The number of piperidine rings is 1. The Morgan fingerprint density at radius 3 is 3.00 bits per heavy atom. The summed E-state index contributed by atoms with van der Waals surface area (Å²) in [4.78, 5) is 16.5. The summed E-state index contributed by atoms with van der Waals surface area (Å²) in [5.74, 6) is 0.811. The molecule has 6 heteroatoms. The number of anilines is 1. The van der Waals surface area contributed by atoms with Gasteiger partial charge in [0, 0.05) is 25.2 Å². The molecular formula is C11H16N4O2. The van der Waals surface area contributed by atoms with Crippen LogP contribution in [0.25, 0.3) is 0 Å². The lowest BCUT2D eigenvalue weighted by atomic mass is 10.1. The van der Waals surface area contributed by atoms with E-state index in [1.54, 1.807) is 6.07 Å². The van der Waals surface area contributed by atoms with Gasteiger partial charge in [0.05, 0.1) is 4.92 Å². The summed E-state index contributed by atoms with van der Waals surface area (Å²) in [5, 5.41) is 10.6. The van der Waals surface area contributed by atoms with Crippen LogP contribution < -0.4 is 10.6 Å². The van der Waals surface area contributed by atoms with E-state index in [2.05, 4.69) is 9.88 Å². The molecule has 1 aliphatic rings. The third-order valence-corrected chi connectivity index (χ3v) is 3.00. The Morgan fingerprint density at radius 2 is 2.41 bits per heavy atom. The van der Waals surface area contributed by atoms with E-state index in [1.165, 1.54) is 6.20 Å². The van der Waals surface area contributed by atoms with E-state index < -0.39 is 4.92 Å². The van der Waals surface area contributed by atoms with E-state index in [-0.39, 0.29) is 11.7 Å². The summed E-state index contributed by atoms with van der Waals surface area (Å²) in [7, 11) is 0. The van der Waals surface area contributed by atoms with Crippen LogP contribution in [0.4, 0.5) is 11.5 Å². The third-order valence-electron chi connectivity index (χ3n) is 3.00. The molecule has 0 aromatic carbocycles. The van der Waals surface area contributed by atoms with Gasteiger partial charge < -0.3 is 10.6 Å². The Hall–Kier alpha value is -1.69. The average Bonchev–Trinajstić information content (AvgIpc) is 2.28. The van der Waals surface area contributed by atoms with Crippen molar-refractivity contribution >= 4 is 11.5 Å². The molecule has 1 saturated heterocycles. The highest BCUT2D eigenvalue weighted by Crippen LogP contribution is 2.23. The highest BCUT2D eigenvalue weighted by Gasteiger charge is 2.20. The van der Waals surface area contributed by atoms with Crippen LogP contribution in [-0.2, 0) is 0 Å². The minimum absolute atomic E-state index is 0.0348. The Morgan fingerprint density at radius 1 is 1.65 bits per heavy atom. The quantitative estimate of drug-likeness (QED) is 0.616. The van der Waals surface area contributed by atoms with Crippen LogP contribution in [0.5, 0.6) is 0 Å². The molecule has 0 unspecified atom stereocenters. The second kappa shape index (κ2) is 4.67. The van der Waals surface area contributed by atoms with Gasteiger partial charge >= 0.3 is 0 Å². The van der Waals surface area contributed by atoms with Crippen molar-refractivity contribution in [2.75, 3.05) is 18.0 Å². The fraction of sp³-hybridized carbons (Fsp3) is 0.545. The van der Waals surface area contributed by atoms with Crippen LogP contribution in [0.1, 0.15) is 18.4 Å². The van der Waals surface area contributed by atoms with E-state index in [0.717, 1.165) is 37.3 Å². The molecule has 0 amide bonds. The Kier molecular flexibility index (Phi) is 3.23. The van der Waals surface area contributed by atoms with Gasteiger partial charge in [0.2, 0.25) is 0 Å². The zero-order chi connectivity index (χ0) is 12.4. The number of pyridine rings is 1. The summed E-state index contributed by atoms with van der Waals surface area (Å²) >= 11 is 0. The van der Waals surface area contributed by atoms with Crippen molar-refractivity contribution in [1.29, 1.82) is 0 Å². The lowest BCUT2D eigenvalue weighted by Crippen LogP contribution is -2.43. The van der Waals surface area contributed by atoms with Gasteiger partial charge in [0.1, 0.15) is 12.0 Å². The van der Waals surface area contributed by atoms with Gasteiger partial charge in [0.25, 0.3) is 5.69 Å². The Bertz CT molecular complexity index is 435. The second-order valence-corrected chi connectivity index (χ2v) is 4.44. The number of hydrogen-bond donors (Lipinski definition) is 1. The largest absolute Gasteiger partial charge is 0.355 e. The summed E-state index contributed by atoms with van der Waals surface area (Å²) in [6, 6.07) is 1.72. The van der Waals surface area contributed by atoms with Crippen LogP contribution >= 0.6 is 0 Å². The Labute approximate surface area is 99.6 Å². The van der Waals surface area contributed by atoms with E-state index in [1.807, 2.05) is 6.92 Å². The van der Waals surface area contributed by atoms with Crippen molar-refractivity contribution in [3.05, 3.63) is 27.9 Å². The lowest BCUT2D eigenvalue weighted by molar-refractivity contribution is -0.385. The van der Waals surface area contributed by atoms with Crippen molar-refractivity contribution in [1.82, 2.24) is 4.98 Å². The Balaban J connectivity index is 2.23. The minimum Gasteiger partial charge on any atom is -0.355 e. The number of aromatic nitrogens is 1. The van der Waals surface area contributed by atoms with Gasteiger partial charge in [-0.2, -0.15) is 0 Å². The molecule has 17 heavy (non-hydrogen) atoms. The number of hydrogen-bond acceptors (Lipinski definition) is 5. The molecule has 1 aromatic rings. The molecular weight excluding hydrogens is 220 g/mol. The summed E-state index contributed by atoms with van der Waals surface area (Å²) in [6.07, 6.45) is 3.38. The smallest absolute Gasteiger partial charge is 0.287 e. The average molecular weight is 236 g/mol. The van der Waals surface area contributed by atoms with Crippen molar-refractivity contribution in [3.8, 4) is 0 Å². The first-order valence-corrected chi connectivity index (χ1v) is 5.69. The SMILES string of the molecule is Cc1cc([N+](=O)[O-])cnc1N1CCC[C@@H](N)C1. The topological polar surface area (TPSA) is 85.3 Å².